The number of ketones is 1. The van der Waals surface area contributed by atoms with Crippen LogP contribution >= 0.6 is 0 Å². The van der Waals surface area contributed by atoms with Crippen LogP contribution in [0.2, 0.25) is 0 Å². The molecule has 0 aromatic heterocycles. The molecule has 0 aliphatic heterocycles. The molecule has 3 heteroatoms. The smallest absolute Gasteiger partial charge is 0.141 e. The lowest BCUT2D eigenvalue weighted by Gasteiger charge is -2.54. The SMILES string of the molecule is CC(C)CCC[C@@H](C)[C@H]1CC[C@H]2[C@H](CC=[18O])[C@@H]([C@@]3(C)CC[C@H](O)CC3=O)CC[C@]12C. The summed E-state index contributed by atoms with van der Waals surface area (Å²) in [5.41, 5.74) is -0.0375. The number of aldehydes is 1. The third-order valence-corrected chi connectivity index (χ3v) is 9.88. The highest BCUT2D eigenvalue weighted by Crippen LogP contribution is 2.64. The number of carbonyl (C=O) groups excluding carboxylic acids is 2. The molecule has 0 spiro atoms. The average Bonchev–Trinajstić information content (AvgIpc) is 3.02. The van der Waals surface area contributed by atoms with Crippen molar-refractivity contribution in [3.05, 3.63) is 0 Å². The summed E-state index contributed by atoms with van der Waals surface area (Å²) in [7, 11) is 0. The van der Waals surface area contributed by atoms with Gasteiger partial charge in [0.25, 0.3) is 0 Å². The van der Waals surface area contributed by atoms with E-state index in [4.69, 9.17) is 0 Å². The summed E-state index contributed by atoms with van der Waals surface area (Å²) in [4.78, 5) is 24.8. The number of hydrogen-bond donors (Lipinski definition) is 1. The van der Waals surface area contributed by atoms with E-state index in [1.807, 2.05) is 0 Å². The van der Waals surface area contributed by atoms with Gasteiger partial charge in [-0.25, -0.2) is 0 Å². The van der Waals surface area contributed by atoms with Crippen LogP contribution < -0.4 is 0 Å². The Kier molecular flexibility index (Phi) is 7.53. The number of aliphatic hydroxyl groups excluding tert-OH is 1. The summed E-state index contributed by atoms with van der Waals surface area (Å²) >= 11 is 0. The standard InChI is InChI=1S/C27H46O3/c1-18(2)7-6-8-19(3)22-9-10-23-21(13-16-28)24(12-15-26(22,23)4)27(5)14-11-20(29)17-25(27)30/h16,18-24,29H,6-15,17H2,1-5H3/t19-,20+,21+,22-,23+,24+,26-,27-/m1/s1/i28+2. The Morgan fingerprint density at radius 2 is 1.80 bits per heavy atom. The van der Waals surface area contributed by atoms with Gasteiger partial charge < -0.3 is 9.90 Å². The van der Waals surface area contributed by atoms with Gasteiger partial charge in [-0.2, -0.15) is 0 Å². The first-order valence-electron chi connectivity index (χ1n) is 12.8. The molecule has 0 unspecified atom stereocenters. The molecule has 3 rings (SSSR count). The predicted octanol–water partition coefficient (Wildman–Crippen LogP) is 6.22. The van der Waals surface area contributed by atoms with Crippen LogP contribution in [0.4, 0.5) is 0 Å². The van der Waals surface area contributed by atoms with Gasteiger partial charge >= 0.3 is 0 Å². The highest BCUT2D eigenvalue weighted by molar-refractivity contribution is 5.86. The van der Waals surface area contributed by atoms with E-state index in [0.29, 0.717) is 36.0 Å². The second-order valence-corrected chi connectivity index (χ2v) is 12.0. The van der Waals surface area contributed by atoms with Gasteiger partial charge in [-0.3, -0.25) is 4.79 Å². The van der Waals surface area contributed by atoms with Crippen LogP contribution in [0.25, 0.3) is 0 Å². The van der Waals surface area contributed by atoms with Crippen molar-refractivity contribution in [2.45, 2.75) is 111 Å². The third-order valence-electron chi connectivity index (χ3n) is 9.88. The van der Waals surface area contributed by atoms with Crippen LogP contribution in [0.15, 0.2) is 0 Å². The van der Waals surface area contributed by atoms with Gasteiger partial charge in [-0.15, -0.1) is 0 Å². The van der Waals surface area contributed by atoms with E-state index in [1.54, 1.807) is 0 Å². The fraction of sp³-hybridized carbons (Fsp3) is 0.926. The van der Waals surface area contributed by atoms with Crippen LogP contribution in [-0.2, 0) is 9.59 Å². The van der Waals surface area contributed by atoms with E-state index in [-0.39, 0.29) is 11.2 Å². The number of rotatable bonds is 8. The van der Waals surface area contributed by atoms with Gasteiger partial charge in [0.05, 0.1) is 6.10 Å². The fourth-order valence-corrected chi connectivity index (χ4v) is 8.09. The summed E-state index contributed by atoms with van der Waals surface area (Å²) in [5, 5.41) is 9.99. The zero-order chi connectivity index (χ0) is 22.1. The molecule has 8 atom stereocenters. The second kappa shape index (κ2) is 9.43. The lowest BCUT2D eigenvalue weighted by atomic mass is 9.49. The van der Waals surface area contributed by atoms with Crippen molar-refractivity contribution in [2.75, 3.05) is 0 Å². The molecule has 0 aromatic carbocycles. The van der Waals surface area contributed by atoms with Crippen LogP contribution in [0.3, 0.4) is 0 Å². The molecular formula is C27H46O3. The van der Waals surface area contributed by atoms with Gasteiger partial charge in [0, 0.05) is 18.3 Å². The molecule has 172 valence electrons. The summed E-state index contributed by atoms with van der Waals surface area (Å²) in [5.74, 6) is 3.71. The Labute approximate surface area is 184 Å². The van der Waals surface area contributed by atoms with Crippen LogP contribution in [0.5, 0.6) is 0 Å². The van der Waals surface area contributed by atoms with Crippen molar-refractivity contribution in [2.24, 2.45) is 46.3 Å². The first-order valence-corrected chi connectivity index (χ1v) is 12.8. The first-order chi connectivity index (χ1) is 14.1. The van der Waals surface area contributed by atoms with Crippen LogP contribution in [0, 0.1) is 46.3 Å². The van der Waals surface area contributed by atoms with E-state index < -0.39 is 6.10 Å². The Morgan fingerprint density at radius 1 is 1.07 bits per heavy atom. The van der Waals surface area contributed by atoms with Gasteiger partial charge in [-0.05, 0) is 79.4 Å². The maximum atomic E-state index is 13.0. The van der Waals surface area contributed by atoms with E-state index in [0.717, 1.165) is 43.3 Å². The summed E-state index contributed by atoms with van der Waals surface area (Å²) in [6, 6.07) is 0. The lowest BCUT2D eigenvalue weighted by Crippen LogP contribution is -2.51. The molecule has 0 amide bonds. The van der Waals surface area contributed by atoms with Crippen LogP contribution in [-0.4, -0.2) is 23.3 Å². The van der Waals surface area contributed by atoms with E-state index >= 15 is 0 Å². The van der Waals surface area contributed by atoms with Crippen LogP contribution in [0.1, 0.15) is 105 Å². The van der Waals surface area contributed by atoms with E-state index in [1.165, 1.54) is 38.5 Å². The maximum absolute atomic E-state index is 13.0. The minimum atomic E-state index is -0.466. The molecule has 30 heavy (non-hydrogen) atoms. The van der Waals surface area contributed by atoms with Crippen molar-refractivity contribution in [3.8, 4) is 0 Å². The van der Waals surface area contributed by atoms with Gasteiger partial charge in [0.15, 0.2) is 0 Å². The molecule has 0 bridgehead atoms. The number of fused-ring (bicyclic) bond motifs is 1. The van der Waals surface area contributed by atoms with Crippen molar-refractivity contribution in [3.63, 3.8) is 0 Å². The zero-order valence-electron chi connectivity index (χ0n) is 20.2. The predicted molar refractivity (Wildman–Crippen MR) is 122 cm³/mol. The van der Waals surface area contributed by atoms with Gasteiger partial charge in [0.1, 0.15) is 12.1 Å². The Balaban J connectivity index is 1.77. The highest BCUT2D eigenvalue weighted by Gasteiger charge is 2.58. The quantitative estimate of drug-likeness (QED) is 0.375. The highest BCUT2D eigenvalue weighted by atomic mass is 18.1. The number of carbonyl (C=O) groups is 2. The minimum Gasteiger partial charge on any atom is -0.393 e. The van der Waals surface area contributed by atoms with Crippen molar-refractivity contribution in [1.82, 2.24) is 0 Å². The third kappa shape index (κ3) is 4.43. The lowest BCUT2D eigenvalue weighted by molar-refractivity contribution is -0.146. The number of Topliss-reactive ketones (excluding diaryl/α,β-unsaturated/α-hetero) is 1. The molecule has 3 saturated carbocycles. The molecule has 0 saturated heterocycles. The average molecular weight is 421 g/mol. The largest absolute Gasteiger partial charge is 0.393 e. The summed E-state index contributed by atoms with van der Waals surface area (Å²) in [6.07, 6.45) is 11.8. The first kappa shape index (κ1) is 24.0. The Hall–Kier alpha value is -0.700. The molecular weight excluding hydrogens is 374 g/mol. The van der Waals surface area contributed by atoms with Gasteiger partial charge in [-0.1, -0.05) is 53.9 Å². The molecule has 3 nitrogen and oxygen atoms in total. The Bertz CT molecular complexity index is 613. The zero-order valence-corrected chi connectivity index (χ0v) is 20.2. The fourth-order valence-electron chi connectivity index (χ4n) is 8.09. The van der Waals surface area contributed by atoms with Gasteiger partial charge in [0.2, 0.25) is 0 Å². The molecule has 3 aliphatic rings. The van der Waals surface area contributed by atoms with E-state index in [2.05, 4.69) is 34.6 Å². The van der Waals surface area contributed by atoms with Crippen molar-refractivity contribution in [1.29, 1.82) is 0 Å². The molecule has 1 N–H and O–H groups in total. The normalized spacial score (nSPS) is 42.9. The van der Waals surface area contributed by atoms with E-state index in [9.17, 15) is 14.7 Å². The molecule has 0 aromatic rings. The molecule has 3 fully saturated rings. The minimum absolute atomic E-state index is 0.238. The number of aliphatic hydroxyl groups is 1. The summed E-state index contributed by atoms with van der Waals surface area (Å²) in [6.45, 7) is 11.8. The van der Waals surface area contributed by atoms with Crippen molar-refractivity contribution >= 4 is 12.1 Å². The monoisotopic (exact) mass is 420 g/mol. The molecule has 3 aliphatic carbocycles. The Morgan fingerprint density at radius 3 is 2.43 bits per heavy atom. The maximum Gasteiger partial charge on any atom is 0.141 e. The molecule has 0 radical (unpaired) electrons. The second-order valence-electron chi connectivity index (χ2n) is 12.0. The topological polar surface area (TPSA) is 54.4 Å². The van der Waals surface area contributed by atoms with Crippen molar-refractivity contribution < 1.29 is 14.7 Å². The molecule has 0 heterocycles. The number of hydrogen-bond acceptors (Lipinski definition) is 3. The summed E-state index contributed by atoms with van der Waals surface area (Å²) < 4.78 is 0.